The Balaban J connectivity index is 2.54. The summed E-state index contributed by atoms with van der Waals surface area (Å²) in [7, 11) is 0. The van der Waals surface area contributed by atoms with Gasteiger partial charge in [-0.3, -0.25) is 19.8 Å². The molecule has 7 heteroatoms. The Labute approximate surface area is 118 Å². The number of carbonyl (C=O) groups is 3. The van der Waals surface area contributed by atoms with Gasteiger partial charge in [-0.1, -0.05) is 13.8 Å². The van der Waals surface area contributed by atoms with E-state index in [1.807, 2.05) is 13.8 Å². The number of alkyl carbamates (subject to hydrolysis) is 1. The van der Waals surface area contributed by atoms with Gasteiger partial charge in [0.05, 0.1) is 18.6 Å². The van der Waals surface area contributed by atoms with Crippen molar-refractivity contribution >= 4 is 18.0 Å². The molecule has 1 fully saturated rings. The quantitative estimate of drug-likeness (QED) is 0.772. The number of likely N-dealkylation sites (tertiary alicyclic amines) is 1. The molecule has 1 aliphatic rings. The summed E-state index contributed by atoms with van der Waals surface area (Å²) in [5, 5.41) is 11.5. The first-order valence-corrected chi connectivity index (χ1v) is 6.74. The highest BCUT2D eigenvalue weighted by molar-refractivity contribution is 5.92. The number of ether oxygens (including phenoxy) is 1. The van der Waals surface area contributed by atoms with E-state index in [2.05, 4.69) is 10.1 Å². The molecule has 1 rings (SSSR count). The Kier molecular flexibility index (Phi) is 5.50. The van der Waals surface area contributed by atoms with Crippen LogP contribution in [0.5, 0.6) is 0 Å². The van der Waals surface area contributed by atoms with Crippen LogP contribution < -0.4 is 5.32 Å². The van der Waals surface area contributed by atoms with Gasteiger partial charge in [-0.25, -0.2) is 4.79 Å². The van der Waals surface area contributed by atoms with Gasteiger partial charge >= 0.3 is 12.1 Å². The molecule has 0 aromatic rings. The topological polar surface area (TPSA) is 95.9 Å². The first-order chi connectivity index (χ1) is 9.31. The molecule has 1 saturated heterocycles. The smallest absolute Gasteiger partial charge is 0.413 e. The molecule has 2 amide bonds. The number of carboxylic acid groups (broad SMARTS) is 1. The lowest BCUT2D eigenvalue weighted by Crippen LogP contribution is -2.43. The van der Waals surface area contributed by atoms with Crippen molar-refractivity contribution in [3.05, 3.63) is 0 Å². The molecule has 7 nitrogen and oxygen atoms in total. The van der Waals surface area contributed by atoms with Gasteiger partial charge < -0.3 is 9.84 Å². The van der Waals surface area contributed by atoms with Crippen LogP contribution in [-0.2, 0) is 14.3 Å². The Hall–Kier alpha value is -1.63. The average Bonchev–Trinajstić information content (AvgIpc) is 2.74. The molecule has 1 aliphatic heterocycles. The predicted molar refractivity (Wildman–Crippen MR) is 71.1 cm³/mol. The van der Waals surface area contributed by atoms with Crippen molar-refractivity contribution in [1.29, 1.82) is 0 Å². The summed E-state index contributed by atoms with van der Waals surface area (Å²) in [6, 6.07) is 0. The van der Waals surface area contributed by atoms with Gasteiger partial charge in [0, 0.05) is 6.54 Å². The number of aliphatic carboxylic acids is 1. The van der Waals surface area contributed by atoms with Gasteiger partial charge in [0.25, 0.3) is 0 Å². The van der Waals surface area contributed by atoms with Crippen LogP contribution in [0.25, 0.3) is 0 Å². The molecule has 0 aliphatic carbocycles. The third-order valence-electron chi connectivity index (χ3n) is 3.80. The second kappa shape index (κ2) is 6.69. The standard InChI is InChI=1S/C13H22N2O5/c1-4-20-12(19)14-10(16)7-15-6-5-13(8-15,9(2)3)11(17)18/h9H,4-8H2,1-3H3,(H,17,18)(H,14,16,19). The molecular formula is C13H22N2O5. The maximum atomic E-state index is 11.6. The number of imide groups is 1. The number of amides is 2. The maximum absolute atomic E-state index is 11.6. The van der Waals surface area contributed by atoms with Crippen LogP contribution in [0.3, 0.4) is 0 Å². The third kappa shape index (κ3) is 3.69. The Morgan fingerprint density at radius 2 is 2.05 bits per heavy atom. The summed E-state index contributed by atoms with van der Waals surface area (Å²) in [6.45, 7) is 6.43. The number of nitrogens with one attached hydrogen (secondary N) is 1. The van der Waals surface area contributed by atoms with Crippen LogP contribution in [0, 0.1) is 11.3 Å². The van der Waals surface area contributed by atoms with E-state index in [9.17, 15) is 19.5 Å². The first-order valence-electron chi connectivity index (χ1n) is 6.74. The van der Waals surface area contributed by atoms with E-state index < -0.39 is 23.4 Å². The maximum Gasteiger partial charge on any atom is 0.413 e. The van der Waals surface area contributed by atoms with Gasteiger partial charge in [-0.15, -0.1) is 0 Å². The highest BCUT2D eigenvalue weighted by Gasteiger charge is 2.47. The minimum Gasteiger partial charge on any atom is -0.481 e. The lowest BCUT2D eigenvalue weighted by atomic mass is 9.76. The molecule has 1 atom stereocenters. The van der Waals surface area contributed by atoms with Gasteiger partial charge in [0.15, 0.2) is 0 Å². The molecule has 0 saturated carbocycles. The number of rotatable bonds is 5. The Morgan fingerprint density at radius 1 is 1.40 bits per heavy atom. The molecule has 20 heavy (non-hydrogen) atoms. The van der Waals surface area contributed by atoms with Gasteiger partial charge in [0.1, 0.15) is 0 Å². The van der Waals surface area contributed by atoms with Crippen molar-refractivity contribution in [2.45, 2.75) is 27.2 Å². The largest absolute Gasteiger partial charge is 0.481 e. The van der Waals surface area contributed by atoms with E-state index in [1.165, 1.54) is 0 Å². The molecular weight excluding hydrogens is 264 g/mol. The van der Waals surface area contributed by atoms with Crippen molar-refractivity contribution in [1.82, 2.24) is 10.2 Å². The summed E-state index contributed by atoms with van der Waals surface area (Å²) in [5.74, 6) is -1.33. The predicted octanol–water partition coefficient (Wildman–Crippen LogP) is 0.692. The van der Waals surface area contributed by atoms with Crippen LogP contribution in [-0.4, -0.2) is 54.2 Å². The second-order valence-electron chi connectivity index (χ2n) is 5.35. The fraction of sp³-hybridized carbons (Fsp3) is 0.769. The van der Waals surface area contributed by atoms with Crippen LogP contribution >= 0.6 is 0 Å². The number of carbonyl (C=O) groups excluding carboxylic acids is 2. The second-order valence-corrected chi connectivity index (χ2v) is 5.35. The zero-order chi connectivity index (χ0) is 15.3. The molecule has 0 aromatic heterocycles. The molecule has 1 heterocycles. The fourth-order valence-electron chi connectivity index (χ4n) is 2.47. The molecule has 1 unspecified atom stereocenters. The van der Waals surface area contributed by atoms with Gasteiger partial charge in [0.2, 0.25) is 5.91 Å². The van der Waals surface area contributed by atoms with E-state index in [-0.39, 0.29) is 19.1 Å². The van der Waals surface area contributed by atoms with E-state index in [0.29, 0.717) is 19.5 Å². The lowest BCUT2D eigenvalue weighted by molar-refractivity contribution is -0.151. The van der Waals surface area contributed by atoms with Crippen molar-refractivity contribution < 1.29 is 24.2 Å². The summed E-state index contributed by atoms with van der Waals surface area (Å²) >= 11 is 0. The zero-order valence-corrected chi connectivity index (χ0v) is 12.1. The number of hydrogen-bond donors (Lipinski definition) is 2. The highest BCUT2D eigenvalue weighted by Crippen LogP contribution is 2.37. The van der Waals surface area contributed by atoms with Crippen LogP contribution in [0.1, 0.15) is 27.2 Å². The molecule has 2 N–H and O–H groups in total. The van der Waals surface area contributed by atoms with E-state index in [0.717, 1.165) is 0 Å². The first kappa shape index (κ1) is 16.4. The zero-order valence-electron chi connectivity index (χ0n) is 12.1. The Morgan fingerprint density at radius 3 is 2.50 bits per heavy atom. The molecule has 0 aromatic carbocycles. The molecule has 0 spiro atoms. The molecule has 0 radical (unpaired) electrons. The summed E-state index contributed by atoms with van der Waals surface area (Å²) < 4.78 is 4.61. The van der Waals surface area contributed by atoms with E-state index in [1.54, 1.807) is 11.8 Å². The summed E-state index contributed by atoms with van der Waals surface area (Å²) in [6.07, 6.45) is -0.266. The minimum atomic E-state index is -0.833. The number of nitrogens with zero attached hydrogens (tertiary/aromatic N) is 1. The molecule has 114 valence electrons. The average molecular weight is 286 g/mol. The number of carboxylic acids is 1. The van der Waals surface area contributed by atoms with Crippen molar-refractivity contribution in [2.75, 3.05) is 26.2 Å². The lowest BCUT2D eigenvalue weighted by Gasteiger charge is -2.28. The van der Waals surface area contributed by atoms with Crippen molar-refractivity contribution in [2.24, 2.45) is 11.3 Å². The van der Waals surface area contributed by atoms with Crippen LogP contribution in [0.15, 0.2) is 0 Å². The number of hydrogen-bond acceptors (Lipinski definition) is 5. The highest BCUT2D eigenvalue weighted by atomic mass is 16.5. The van der Waals surface area contributed by atoms with Gasteiger partial charge in [-0.05, 0) is 25.8 Å². The van der Waals surface area contributed by atoms with Crippen LogP contribution in [0.4, 0.5) is 4.79 Å². The van der Waals surface area contributed by atoms with Crippen molar-refractivity contribution in [3.63, 3.8) is 0 Å². The third-order valence-corrected chi connectivity index (χ3v) is 3.80. The summed E-state index contributed by atoms with van der Waals surface area (Å²) in [4.78, 5) is 35.9. The van der Waals surface area contributed by atoms with Crippen molar-refractivity contribution in [3.8, 4) is 0 Å². The van der Waals surface area contributed by atoms with Gasteiger partial charge in [-0.2, -0.15) is 0 Å². The minimum absolute atomic E-state index is 0.000560. The normalized spacial score (nSPS) is 22.8. The Bertz CT molecular complexity index is 396. The monoisotopic (exact) mass is 286 g/mol. The van der Waals surface area contributed by atoms with Crippen LogP contribution in [0.2, 0.25) is 0 Å². The molecule has 0 bridgehead atoms. The van der Waals surface area contributed by atoms with E-state index in [4.69, 9.17) is 0 Å². The summed E-state index contributed by atoms with van der Waals surface area (Å²) in [5.41, 5.74) is -0.815. The van der Waals surface area contributed by atoms with E-state index >= 15 is 0 Å². The SMILES string of the molecule is CCOC(=O)NC(=O)CN1CCC(C(=O)O)(C(C)C)C1. The fourth-order valence-corrected chi connectivity index (χ4v) is 2.47.